The molecule has 0 atom stereocenters. The molecule has 0 fully saturated rings. The van der Waals surface area contributed by atoms with E-state index in [4.69, 9.17) is 5.84 Å². The molecular weight excluding hydrogens is 268 g/mol. The van der Waals surface area contributed by atoms with Crippen LogP contribution in [0.15, 0.2) is 48.5 Å². The third kappa shape index (κ3) is 1.91. The lowest BCUT2D eigenvalue weighted by Gasteiger charge is -2.13. The van der Waals surface area contributed by atoms with Crippen LogP contribution in [0, 0.1) is 0 Å². The molecule has 3 aromatic carbocycles. The van der Waals surface area contributed by atoms with Crippen molar-refractivity contribution in [1.82, 2.24) is 5.43 Å². The largest absolute Gasteiger partial charge is 0.478 e. The summed E-state index contributed by atoms with van der Waals surface area (Å²) in [5.41, 5.74) is 2.70. The van der Waals surface area contributed by atoms with Gasteiger partial charge in [0.2, 0.25) is 0 Å². The van der Waals surface area contributed by atoms with Gasteiger partial charge in [0.1, 0.15) is 0 Å². The van der Waals surface area contributed by atoms with E-state index < -0.39 is 11.9 Å². The molecule has 5 nitrogen and oxygen atoms in total. The maximum atomic E-state index is 12.1. The van der Waals surface area contributed by atoms with Crippen LogP contribution in [0.3, 0.4) is 0 Å². The summed E-state index contributed by atoms with van der Waals surface area (Å²) in [6, 6.07) is 13.8. The van der Waals surface area contributed by atoms with Crippen molar-refractivity contribution in [2.24, 2.45) is 5.84 Å². The Kier molecular flexibility index (Phi) is 3.04. The number of aromatic carboxylic acids is 1. The molecule has 0 unspecified atom stereocenters. The Hall–Kier alpha value is -2.92. The second-order valence-electron chi connectivity index (χ2n) is 4.62. The predicted molar refractivity (Wildman–Crippen MR) is 80.1 cm³/mol. The molecule has 3 aromatic rings. The van der Waals surface area contributed by atoms with Crippen LogP contribution < -0.4 is 11.3 Å². The molecular formula is C16H12N2O3. The molecule has 21 heavy (non-hydrogen) atoms. The van der Waals surface area contributed by atoms with Crippen LogP contribution in [0.5, 0.6) is 0 Å². The van der Waals surface area contributed by atoms with E-state index in [9.17, 15) is 14.7 Å². The highest BCUT2D eigenvalue weighted by Crippen LogP contribution is 2.32. The van der Waals surface area contributed by atoms with E-state index >= 15 is 0 Å². The summed E-state index contributed by atoms with van der Waals surface area (Å²) in [6.07, 6.45) is 0. The fourth-order valence-electron chi connectivity index (χ4n) is 2.68. The number of hydrazine groups is 1. The van der Waals surface area contributed by atoms with Gasteiger partial charge in [-0.15, -0.1) is 0 Å². The summed E-state index contributed by atoms with van der Waals surface area (Å²) in [4.78, 5) is 23.8. The Labute approximate surface area is 120 Å². The molecule has 0 spiro atoms. The maximum absolute atomic E-state index is 12.1. The number of carbonyl (C=O) groups is 2. The van der Waals surface area contributed by atoms with Gasteiger partial charge < -0.3 is 5.11 Å². The van der Waals surface area contributed by atoms with Crippen molar-refractivity contribution in [3.63, 3.8) is 0 Å². The third-order valence-corrected chi connectivity index (χ3v) is 3.50. The van der Waals surface area contributed by atoms with Gasteiger partial charge in [0.15, 0.2) is 0 Å². The van der Waals surface area contributed by atoms with Gasteiger partial charge >= 0.3 is 5.97 Å². The lowest BCUT2D eigenvalue weighted by atomic mass is 9.91. The average Bonchev–Trinajstić information content (AvgIpc) is 2.51. The molecule has 0 bridgehead atoms. The highest BCUT2D eigenvalue weighted by atomic mass is 16.4. The van der Waals surface area contributed by atoms with Gasteiger partial charge in [-0.25, -0.2) is 10.6 Å². The van der Waals surface area contributed by atoms with Crippen molar-refractivity contribution in [2.45, 2.75) is 0 Å². The summed E-state index contributed by atoms with van der Waals surface area (Å²) in [7, 11) is 0. The molecule has 0 radical (unpaired) electrons. The van der Waals surface area contributed by atoms with E-state index in [0.29, 0.717) is 27.1 Å². The first-order chi connectivity index (χ1) is 10.1. The molecule has 0 heterocycles. The van der Waals surface area contributed by atoms with Crippen molar-refractivity contribution in [3.05, 3.63) is 59.7 Å². The lowest BCUT2D eigenvalue weighted by Crippen LogP contribution is -2.30. The maximum Gasteiger partial charge on any atom is 0.336 e. The van der Waals surface area contributed by atoms with E-state index in [0.717, 1.165) is 0 Å². The van der Waals surface area contributed by atoms with Crippen LogP contribution in [0.1, 0.15) is 20.7 Å². The summed E-state index contributed by atoms with van der Waals surface area (Å²) < 4.78 is 0. The van der Waals surface area contributed by atoms with Crippen molar-refractivity contribution >= 4 is 33.4 Å². The zero-order valence-electron chi connectivity index (χ0n) is 11.0. The Morgan fingerprint density at radius 2 is 1.19 bits per heavy atom. The van der Waals surface area contributed by atoms with Gasteiger partial charge in [0, 0.05) is 0 Å². The zero-order valence-corrected chi connectivity index (χ0v) is 11.0. The fraction of sp³-hybridized carbons (Fsp3) is 0. The van der Waals surface area contributed by atoms with Gasteiger partial charge in [-0.1, -0.05) is 48.5 Å². The molecule has 0 aliphatic heterocycles. The molecule has 0 aliphatic carbocycles. The first-order valence-electron chi connectivity index (χ1n) is 6.33. The Bertz CT molecular complexity index is 830. The van der Waals surface area contributed by atoms with Gasteiger partial charge in [0.05, 0.1) is 11.1 Å². The highest BCUT2D eigenvalue weighted by Gasteiger charge is 2.20. The minimum atomic E-state index is -1.03. The van der Waals surface area contributed by atoms with Gasteiger partial charge in [-0.3, -0.25) is 10.2 Å². The van der Waals surface area contributed by atoms with E-state index in [1.807, 2.05) is 0 Å². The Balaban J connectivity index is 2.64. The number of amides is 1. The van der Waals surface area contributed by atoms with Crippen molar-refractivity contribution < 1.29 is 14.7 Å². The number of benzene rings is 3. The topological polar surface area (TPSA) is 92.4 Å². The smallest absolute Gasteiger partial charge is 0.336 e. The molecule has 5 heteroatoms. The first kappa shape index (κ1) is 13.1. The molecule has 3 rings (SSSR count). The molecule has 104 valence electrons. The van der Waals surface area contributed by atoms with Crippen LogP contribution >= 0.6 is 0 Å². The summed E-state index contributed by atoms with van der Waals surface area (Å²) >= 11 is 0. The molecule has 1 amide bonds. The average molecular weight is 280 g/mol. The number of nitrogens with two attached hydrogens (primary N) is 1. The number of hydrogen-bond acceptors (Lipinski definition) is 3. The number of carboxylic acid groups (broad SMARTS) is 1. The standard InChI is InChI=1S/C16H12N2O3/c17-18-15(19)13-9-5-1-3-7-11(9)14(16(20)21)12-8-4-2-6-10(12)13/h1-8H,17H2,(H,18,19)(H,20,21). The Morgan fingerprint density at radius 1 is 0.810 bits per heavy atom. The molecule has 0 aliphatic rings. The van der Waals surface area contributed by atoms with E-state index in [1.54, 1.807) is 48.5 Å². The number of nitrogen functional groups attached to an aromatic ring is 1. The van der Waals surface area contributed by atoms with Crippen LogP contribution in [-0.4, -0.2) is 17.0 Å². The van der Waals surface area contributed by atoms with Gasteiger partial charge in [0.25, 0.3) is 5.91 Å². The summed E-state index contributed by atoms with van der Waals surface area (Å²) in [5, 5.41) is 11.7. The van der Waals surface area contributed by atoms with Crippen LogP contribution in [0.4, 0.5) is 0 Å². The highest BCUT2D eigenvalue weighted by molar-refractivity contribution is 6.25. The molecule has 0 aromatic heterocycles. The van der Waals surface area contributed by atoms with Crippen LogP contribution in [0.25, 0.3) is 21.5 Å². The number of rotatable bonds is 2. The van der Waals surface area contributed by atoms with Crippen molar-refractivity contribution in [1.29, 1.82) is 0 Å². The van der Waals surface area contributed by atoms with E-state index in [2.05, 4.69) is 5.43 Å². The Morgan fingerprint density at radius 3 is 1.52 bits per heavy atom. The normalized spacial score (nSPS) is 10.7. The third-order valence-electron chi connectivity index (χ3n) is 3.50. The van der Waals surface area contributed by atoms with Crippen LogP contribution in [-0.2, 0) is 0 Å². The van der Waals surface area contributed by atoms with Gasteiger partial charge in [-0.05, 0) is 21.5 Å². The number of carboxylic acids is 1. The number of fused-ring (bicyclic) bond motifs is 2. The number of nitrogens with one attached hydrogen (secondary N) is 1. The van der Waals surface area contributed by atoms with E-state index in [-0.39, 0.29) is 5.56 Å². The molecule has 0 saturated heterocycles. The first-order valence-corrected chi connectivity index (χ1v) is 6.33. The fourth-order valence-corrected chi connectivity index (χ4v) is 2.68. The zero-order chi connectivity index (χ0) is 15.0. The monoisotopic (exact) mass is 280 g/mol. The van der Waals surface area contributed by atoms with Crippen molar-refractivity contribution in [3.8, 4) is 0 Å². The second-order valence-corrected chi connectivity index (χ2v) is 4.62. The van der Waals surface area contributed by atoms with Crippen LogP contribution in [0.2, 0.25) is 0 Å². The van der Waals surface area contributed by atoms with Crippen molar-refractivity contribution in [2.75, 3.05) is 0 Å². The second kappa shape index (κ2) is 4.88. The molecule has 4 N–H and O–H groups in total. The summed E-state index contributed by atoms with van der Waals surface area (Å²) in [5.74, 6) is 3.80. The van der Waals surface area contributed by atoms with Gasteiger partial charge in [-0.2, -0.15) is 0 Å². The minimum Gasteiger partial charge on any atom is -0.478 e. The lowest BCUT2D eigenvalue weighted by molar-refractivity contribution is 0.0700. The molecule has 0 saturated carbocycles. The number of hydrogen-bond donors (Lipinski definition) is 3. The minimum absolute atomic E-state index is 0.190. The SMILES string of the molecule is NNC(=O)c1c2ccccc2c(C(=O)O)c2ccccc12. The van der Waals surface area contributed by atoms with E-state index in [1.165, 1.54) is 0 Å². The predicted octanol–water partition coefficient (Wildman–Crippen LogP) is 2.29. The number of carbonyl (C=O) groups excluding carboxylic acids is 1. The quantitative estimate of drug-likeness (QED) is 0.290. The summed E-state index contributed by atoms with van der Waals surface area (Å²) in [6.45, 7) is 0.